The second kappa shape index (κ2) is 5.29. The third-order valence-corrected chi connectivity index (χ3v) is 3.67. The van der Waals surface area contributed by atoms with Crippen molar-refractivity contribution in [3.8, 4) is 0 Å². The van der Waals surface area contributed by atoms with E-state index in [2.05, 4.69) is 21.2 Å². The molecule has 0 spiro atoms. The van der Waals surface area contributed by atoms with Crippen molar-refractivity contribution in [3.05, 3.63) is 58.3 Å². The first-order valence-corrected chi connectivity index (χ1v) is 7.01. The zero-order valence-corrected chi connectivity index (χ0v) is 12.4. The van der Waals surface area contributed by atoms with E-state index in [1.807, 2.05) is 0 Å². The Kier molecular flexibility index (Phi) is 3.47. The van der Waals surface area contributed by atoms with E-state index in [-0.39, 0.29) is 18.0 Å². The first-order chi connectivity index (χ1) is 10.1. The Labute approximate surface area is 128 Å². The fraction of sp³-hybridized carbons (Fsp3) is 0.0667. The Hall–Kier alpha value is -2.21. The number of halogens is 2. The minimum absolute atomic E-state index is 0.0751. The predicted octanol–water partition coefficient (Wildman–Crippen LogP) is 3.19. The van der Waals surface area contributed by atoms with Crippen LogP contribution < -0.4 is 10.2 Å². The van der Waals surface area contributed by atoms with Crippen molar-refractivity contribution < 1.29 is 14.0 Å². The molecule has 1 N–H and O–H groups in total. The second-order valence-corrected chi connectivity index (χ2v) is 5.50. The molecular weight excluding hydrogens is 339 g/mol. The predicted molar refractivity (Wildman–Crippen MR) is 80.8 cm³/mol. The molecule has 1 aliphatic rings. The first kappa shape index (κ1) is 13.8. The molecule has 0 aliphatic carbocycles. The van der Waals surface area contributed by atoms with Crippen LogP contribution in [0.15, 0.2) is 46.9 Å². The van der Waals surface area contributed by atoms with Gasteiger partial charge in [-0.05, 0) is 30.3 Å². The van der Waals surface area contributed by atoms with Crippen molar-refractivity contribution in [2.75, 3.05) is 16.8 Å². The third kappa shape index (κ3) is 2.54. The topological polar surface area (TPSA) is 49.4 Å². The van der Waals surface area contributed by atoms with E-state index in [0.29, 0.717) is 15.8 Å². The lowest BCUT2D eigenvalue weighted by atomic mass is 10.1. The summed E-state index contributed by atoms with van der Waals surface area (Å²) in [5.74, 6) is -1.47. The number of anilines is 2. The molecule has 2 aromatic carbocycles. The number of nitrogens with one attached hydrogen (secondary N) is 1. The van der Waals surface area contributed by atoms with Gasteiger partial charge in [-0.3, -0.25) is 14.5 Å². The van der Waals surface area contributed by atoms with E-state index >= 15 is 0 Å². The van der Waals surface area contributed by atoms with Crippen LogP contribution in [0.1, 0.15) is 10.4 Å². The second-order valence-electron chi connectivity index (χ2n) is 4.58. The van der Waals surface area contributed by atoms with Crippen LogP contribution in [0.5, 0.6) is 0 Å². The summed E-state index contributed by atoms with van der Waals surface area (Å²) in [4.78, 5) is 25.6. The lowest BCUT2D eigenvalue weighted by Crippen LogP contribution is -2.42. The zero-order valence-electron chi connectivity index (χ0n) is 10.8. The van der Waals surface area contributed by atoms with Gasteiger partial charge in [0, 0.05) is 4.47 Å². The Morgan fingerprint density at radius 2 is 2.00 bits per heavy atom. The number of benzene rings is 2. The number of hydrogen-bond acceptors (Lipinski definition) is 2. The molecule has 0 bridgehead atoms. The molecule has 0 atom stereocenters. The maximum absolute atomic E-state index is 13.9. The van der Waals surface area contributed by atoms with Crippen molar-refractivity contribution in [1.82, 2.24) is 0 Å². The van der Waals surface area contributed by atoms with Crippen molar-refractivity contribution in [2.45, 2.75) is 0 Å². The van der Waals surface area contributed by atoms with E-state index in [9.17, 15) is 14.0 Å². The normalized spacial score (nSPS) is 13.6. The molecule has 2 amide bonds. The Morgan fingerprint density at radius 1 is 1.24 bits per heavy atom. The van der Waals surface area contributed by atoms with Gasteiger partial charge in [-0.1, -0.05) is 28.1 Å². The van der Waals surface area contributed by atoms with Crippen molar-refractivity contribution in [3.63, 3.8) is 0 Å². The zero-order chi connectivity index (χ0) is 15.0. The molecule has 1 heterocycles. The number of carbonyl (C=O) groups excluding carboxylic acids is 2. The molecular formula is C15H10BrFN2O2. The molecule has 3 rings (SSSR count). The van der Waals surface area contributed by atoms with Crippen LogP contribution in [-0.4, -0.2) is 18.4 Å². The first-order valence-electron chi connectivity index (χ1n) is 6.22. The van der Waals surface area contributed by atoms with Gasteiger partial charge >= 0.3 is 0 Å². The summed E-state index contributed by atoms with van der Waals surface area (Å²) in [6, 6.07) is 11.1. The highest BCUT2D eigenvalue weighted by atomic mass is 79.9. The maximum Gasteiger partial charge on any atom is 0.261 e. The van der Waals surface area contributed by atoms with E-state index in [4.69, 9.17) is 0 Å². The average Bonchev–Trinajstić information content (AvgIpc) is 2.48. The van der Waals surface area contributed by atoms with E-state index in [1.54, 1.807) is 24.3 Å². The summed E-state index contributed by atoms with van der Waals surface area (Å²) >= 11 is 3.22. The molecule has 0 fully saturated rings. The molecule has 4 nitrogen and oxygen atoms in total. The number of amides is 2. The van der Waals surface area contributed by atoms with Gasteiger partial charge < -0.3 is 5.32 Å². The average molecular weight is 349 g/mol. The summed E-state index contributed by atoms with van der Waals surface area (Å²) in [5, 5.41) is 2.69. The maximum atomic E-state index is 13.9. The SMILES string of the molecule is O=C1CN(C(=O)c2cc(Br)ccc2F)c2ccccc2N1. The molecule has 21 heavy (non-hydrogen) atoms. The minimum Gasteiger partial charge on any atom is -0.323 e. The lowest BCUT2D eigenvalue weighted by molar-refractivity contribution is -0.115. The monoisotopic (exact) mass is 348 g/mol. The van der Waals surface area contributed by atoms with Gasteiger partial charge in [0.2, 0.25) is 5.91 Å². The number of nitrogens with zero attached hydrogens (tertiary/aromatic N) is 1. The fourth-order valence-corrected chi connectivity index (χ4v) is 2.58. The van der Waals surface area contributed by atoms with E-state index in [1.165, 1.54) is 23.1 Å². The lowest BCUT2D eigenvalue weighted by Gasteiger charge is -2.29. The summed E-state index contributed by atoms with van der Waals surface area (Å²) in [6.45, 7) is -0.137. The quantitative estimate of drug-likeness (QED) is 0.860. The molecule has 0 saturated heterocycles. The molecule has 0 radical (unpaired) electrons. The number of fused-ring (bicyclic) bond motifs is 1. The molecule has 106 valence electrons. The van der Waals surface area contributed by atoms with E-state index in [0.717, 1.165) is 0 Å². The van der Waals surface area contributed by atoms with Crippen LogP contribution in [0.3, 0.4) is 0 Å². The highest BCUT2D eigenvalue weighted by Gasteiger charge is 2.28. The van der Waals surface area contributed by atoms with Gasteiger partial charge in [0.15, 0.2) is 0 Å². The van der Waals surface area contributed by atoms with Crippen LogP contribution in [0, 0.1) is 5.82 Å². The number of para-hydroxylation sites is 2. The van der Waals surface area contributed by atoms with Gasteiger partial charge in [-0.15, -0.1) is 0 Å². The Balaban J connectivity index is 2.06. The van der Waals surface area contributed by atoms with Gasteiger partial charge in [0.05, 0.1) is 16.9 Å². The molecule has 6 heteroatoms. The molecule has 2 aromatic rings. The standard InChI is InChI=1S/C15H10BrFN2O2/c16-9-5-6-11(17)10(7-9)15(21)19-8-14(20)18-12-3-1-2-4-13(12)19/h1-7H,8H2,(H,18,20). The highest BCUT2D eigenvalue weighted by molar-refractivity contribution is 9.10. The third-order valence-electron chi connectivity index (χ3n) is 3.17. The van der Waals surface area contributed by atoms with Crippen molar-refractivity contribution in [1.29, 1.82) is 0 Å². The van der Waals surface area contributed by atoms with Crippen molar-refractivity contribution in [2.24, 2.45) is 0 Å². The number of carbonyl (C=O) groups is 2. The van der Waals surface area contributed by atoms with Crippen LogP contribution in [0.4, 0.5) is 15.8 Å². The van der Waals surface area contributed by atoms with Gasteiger partial charge in [-0.25, -0.2) is 4.39 Å². The summed E-state index contributed by atoms with van der Waals surface area (Å²) in [5.41, 5.74) is 1.02. The van der Waals surface area contributed by atoms with Crippen LogP contribution >= 0.6 is 15.9 Å². The minimum atomic E-state index is -0.619. The van der Waals surface area contributed by atoms with E-state index < -0.39 is 11.7 Å². The van der Waals surface area contributed by atoms with Gasteiger partial charge in [0.1, 0.15) is 12.4 Å². The largest absolute Gasteiger partial charge is 0.323 e. The molecule has 0 aromatic heterocycles. The molecule has 1 aliphatic heterocycles. The molecule has 0 saturated carbocycles. The van der Waals surface area contributed by atoms with Crippen molar-refractivity contribution >= 4 is 39.1 Å². The summed E-state index contributed by atoms with van der Waals surface area (Å²) < 4.78 is 14.5. The Morgan fingerprint density at radius 3 is 2.81 bits per heavy atom. The summed E-state index contributed by atoms with van der Waals surface area (Å²) in [6.07, 6.45) is 0. The Bertz CT molecular complexity index is 748. The van der Waals surface area contributed by atoms with Crippen LogP contribution in [0.25, 0.3) is 0 Å². The van der Waals surface area contributed by atoms with Gasteiger partial charge in [0.25, 0.3) is 5.91 Å². The number of rotatable bonds is 1. The molecule has 0 unspecified atom stereocenters. The van der Waals surface area contributed by atoms with Gasteiger partial charge in [-0.2, -0.15) is 0 Å². The summed E-state index contributed by atoms with van der Waals surface area (Å²) in [7, 11) is 0. The smallest absolute Gasteiger partial charge is 0.261 e. The highest BCUT2D eigenvalue weighted by Crippen LogP contribution is 2.30. The van der Waals surface area contributed by atoms with Crippen LogP contribution in [-0.2, 0) is 4.79 Å². The number of hydrogen-bond donors (Lipinski definition) is 1. The fourth-order valence-electron chi connectivity index (χ4n) is 2.22. The van der Waals surface area contributed by atoms with Crippen LogP contribution in [0.2, 0.25) is 0 Å².